The summed E-state index contributed by atoms with van der Waals surface area (Å²) in [4.78, 5) is 17.1. The predicted octanol–water partition coefficient (Wildman–Crippen LogP) is 3.08. The van der Waals surface area contributed by atoms with Crippen LogP contribution in [0.5, 0.6) is 5.75 Å². The Hall–Kier alpha value is -3.19. The fourth-order valence-corrected chi connectivity index (χ4v) is 3.48. The van der Waals surface area contributed by atoms with Crippen molar-refractivity contribution < 1.29 is 19.4 Å². The summed E-state index contributed by atoms with van der Waals surface area (Å²) in [7, 11) is 1.68. The van der Waals surface area contributed by atoms with E-state index in [2.05, 4.69) is 32.7 Å². The van der Waals surface area contributed by atoms with Crippen LogP contribution in [0.3, 0.4) is 0 Å². The summed E-state index contributed by atoms with van der Waals surface area (Å²) in [5.74, 6) is 2.21. The normalized spacial score (nSPS) is 18.2. The van der Waals surface area contributed by atoms with E-state index in [9.17, 15) is 0 Å². The Morgan fingerprint density at radius 3 is 2.79 bits per heavy atom. The van der Waals surface area contributed by atoms with Crippen LogP contribution in [0.4, 0.5) is 0 Å². The first-order valence-electron chi connectivity index (χ1n) is 8.98. The van der Waals surface area contributed by atoms with Gasteiger partial charge >= 0.3 is 0 Å². The van der Waals surface area contributed by atoms with E-state index in [4.69, 9.17) is 19.4 Å². The molecule has 3 heterocycles. The molecule has 1 N–H and O–H groups in total. The quantitative estimate of drug-likeness (QED) is 0.684. The standard InChI is InChI=1S/C20H21N3O2.CH2O2/c1-24-18-4-2-3-16(12-18)20-22-9-10-23(20)19-14-25-13-17(19)11-15-5-7-21-8-6-15;2-1-3/h2-10,12,17,19H,11,13-14H2,1H3;1H,(H,2,3)/t17-,19+;/m0./s1. The Kier molecular flexibility index (Phi) is 6.75. The van der Waals surface area contributed by atoms with Crippen molar-refractivity contribution in [1.29, 1.82) is 0 Å². The minimum absolute atomic E-state index is 0.250. The van der Waals surface area contributed by atoms with Crippen molar-refractivity contribution in [3.63, 3.8) is 0 Å². The first-order chi connectivity index (χ1) is 13.8. The molecular weight excluding hydrogens is 358 g/mol. The highest BCUT2D eigenvalue weighted by molar-refractivity contribution is 5.58. The third kappa shape index (κ3) is 4.55. The molecule has 1 fully saturated rings. The topological polar surface area (TPSA) is 86.5 Å². The molecule has 0 bridgehead atoms. The number of carboxylic acid groups (broad SMARTS) is 1. The van der Waals surface area contributed by atoms with Gasteiger partial charge in [0.25, 0.3) is 6.47 Å². The van der Waals surface area contributed by atoms with Crippen molar-refractivity contribution in [3.05, 3.63) is 66.7 Å². The van der Waals surface area contributed by atoms with Gasteiger partial charge in [-0.3, -0.25) is 9.78 Å². The molecule has 4 rings (SSSR count). The average molecular weight is 381 g/mol. The fourth-order valence-electron chi connectivity index (χ4n) is 3.48. The van der Waals surface area contributed by atoms with Gasteiger partial charge in [-0.15, -0.1) is 0 Å². The smallest absolute Gasteiger partial charge is 0.290 e. The van der Waals surface area contributed by atoms with Crippen molar-refractivity contribution in [2.24, 2.45) is 5.92 Å². The number of benzene rings is 1. The van der Waals surface area contributed by atoms with E-state index in [1.54, 1.807) is 7.11 Å². The second kappa shape index (κ2) is 9.66. The Bertz CT molecular complexity index is 882. The Morgan fingerprint density at radius 1 is 1.25 bits per heavy atom. The van der Waals surface area contributed by atoms with Crippen molar-refractivity contribution in [2.45, 2.75) is 12.5 Å². The van der Waals surface area contributed by atoms with E-state index in [1.165, 1.54) is 5.56 Å². The van der Waals surface area contributed by atoms with E-state index in [0.29, 0.717) is 12.5 Å². The first kappa shape index (κ1) is 19.6. The molecule has 1 aliphatic heterocycles. The number of imidazole rings is 1. The molecule has 0 aliphatic carbocycles. The van der Waals surface area contributed by atoms with Gasteiger partial charge in [0, 0.05) is 36.3 Å². The minimum Gasteiger partial charge on any atom is -0.497 e. The van der Waals surface area contributed by atoms with Gasteiger partial charge in [-0.1, -0.05) is 12.1 Å². The van der Waals surface area contributed by atoms with Gasteiger partial charge in [0.2, 0.25) is 0 Å². The van der Waals surface area contributed by atoms with Gasteiger partial charge in [-0.05, 0) is 36.2 Å². The molecule has 1 aromatic carbocycles. The van der Waals surface area contributed by atoms with Crippen molar-refractivity contribution in [3.8, 4) is 17.1 Å². The predicted molar refractivity (Wildman–Crippen MR) is 104 cm³/mol. The number of pyridine rings is 1. The number of aromatic nitrogens is 3. The average Bonchev–Trinajstić information content (AvgIpc) is 3.38. The van der Waals surface area contributed by atoms with Gasteiger partial charge in [0.1, 0.15) is 11.6 Å². The van der Waals surface area contributed by atoms with Gasteiger partial charge in [-0.25, -0.2) is 4.98 Å². The number of methoxy groups -OCH3 is 1. The van der Waals surface area contributed by atoms with E-state index in [-0.39, 0.29) is 12.5 Å². The molecule has 1 aliphatic rings. The van der Waals surface area contributed by atoms with Gasteiger partial charge in [0.05, 0.1) is 26.4 Å². The van der Waals surface area contributed by atoms with Gasteiger partial charge < -0.3 is 19.1 Å². The van der Waals surface area contributed by atoms with Gasteiger partial charge in [0.15, 0.2) is 0 Å². The zero-order chi connectivity index (χ0) is 19.8. The summed E-state index contributed by atoms with van der Waals surface area (Å²) in [6, 6.07) is 12.5. The number of hydrogen-bond acceptors (Lipinski definition) is 5. The lowest BCUT2D eigenvalue weighted by Gasteiger charge is -2.21. The SMILES string of the molecule is COc1cccc(-c2nccn2[C@@H]2COC[C@@H]2Cc2ccncc2)c1.O=CO. The zero-order valence-electron chi connectivity index (χ0n) is 15.6. The highest BCUT2D eigenvalue weighted by Gasteiger charge is 2.31. The third-order valence-electron chi connectivity index (χ3n) is 4.77. The highest BCUT2D eigenvalue weighted by atomic mass is 16.5. The molecule has 146 valence electrons. The van der Waals surface area contributed by atoms with Crippen LogP contribution < -0.4 is 4.74 Å². The summed E-state index contributed by atoms with van der Waals surface area (Å²) >= 11 is 0. The van der Waals surface area contributed by atoms with Crippen LogP contribution in [-0.4, -0.2) is 46.4 Å². The maximum atomic E-state index is 8.36. The van der Waals surface area contributed by atoms with E-state index in [1.807, 2.05) is 43.0 Å². The molecule has 28 heavy (non-hydrogen) atoms. The molecule has 1 saturated heterocycles. The van der Waals surface area contributed by atoms with Crippen LogP contribution in [0.2, 0.25) is 0 Å². The van der Waals surface area contributed by atoms with Crippen LogP contribution in [0.15, 0.2) is 61.2 Å². The molecule has 7 nitrogen and oxygen atoms in total. The molecule has 0 unspecified atom stereocenters. The zero-order valence-corrected chi connectivity index (χ0v) is 15.6. The Morgan fingerprint density at radius 2 is 2.04 bits per heavy atom. The molecule has 2 atom stereocenters. The Labute approximate surface area is 163 Å². The van der Waals surface area contributed by atoms with Crippen molar-refractivity contribution >= 4 is 6.47 Å². The third-order valence-corrected chi connectivity index (χ3v) is 4.77. The lowest BCUT2D eigenvalue weighted by molar-refractivity contribution is -0.122. The number of ether oxygens (including phenoxy) is 2. The molecule has 3 aromatic rings. The second-order valence-corrected chi connectivity index (χ2v) is 6.42. The molecule has 0 saturated carbocycles. The molecule has 0 spiro atoms. The van der Waals surface area contributed by atoms with Crippen LogP contribution in [-0.2, 0) is 16.0 Å². The minimum atomic E-state index is -0.250. The highest BCUT2D eigenvalue weighted by Crippen LogP contribution is 2.33. The maximum Gasteiger partial charge on any atom is 0.290 e. The lowest BCUT2D eigenvalue weighted by Crippen LogP contribution is -2.20. The molecule has 7 heteroatoms. The number of rotatable bonds is 5. The van der Waals surface area contributed by atoms with Crippen LogP contribution in [0, 0.1) is 5.92 Å². The molecule has 0 amide bonds. The Balaban J connectivity index is 0.000000706. The summed E-state index contributed by atoms with van der Waals surface area (Å²) < 4.78 is 13.4. The van der Waals surface area contributed by atoms with Crippen LogP contribution in [0.1, 0.15) is 11.6 Å². The van der Waals surface area contributed by atoms with E-state index < -0.39 is 0 Å². The number of carbonyl (C=O) groups is 1. The number of hydrogen-bond donors (Lipinski definition) is 1. The largest absolute Gasteiger partial charge is 0.497 e. The van der Waals surface area contributed by atoms with Crippen LogP contribution >= 0.6 is 0 Å². The lowest BCUT2D eigenvalue weighted by atomic mass is 9.95. The fraction of sp³-hybridized carbons (Fsp3) is 0.286. The summed E-state index contributed by atoms with van der Waals surface area (Å²) in [5.41, 5.74) is 2.34. The maximum absolute atomic E-state index is 8.36. The monoisotopic (exact) mass is 381 g/mol. The van der Waals surface area contributed by atoms with E-state index >= 15 is 0 Å². The summed E-state index contributed by atoms with van der Waals surface area (Å²) in [5, 5.41) is 6.89. The van der Waals surface area contributed by atoms with Crippen LogP contribution in [0.25, 0.3) is 11.4 Å². The summed E-state index contributed by atoms with van der Waals surface area (Å²) in [6.45, 7) is 1.23. The van der Waals surface area contributed by atoms with Crippen molar-refractivity contribution in [1.82, 2.24) is 14.5 Å². The van der Waals surface area contributed by atoms with Crippen molar-refractivity contribution in [2.75, 3.05) is 20.3 Å². The van der Waals surface area contributed by atoms with Gasteiger partial charge in [-0.2, -0.15) is 0 Å². The molecule has 2 aromatic heterocycles. The molecule has 0 radical (unpaired) electrons. The molecular formula is C21H23N3O4. The second-order valence-electron chi connectivity index (χ2n) is 6.42. The number of nitrogens with zero attached hydrogens (tertiary/aromatic N) is 3. The summed E-state index contributed by atoms with van der Waals surface area (Å²) in [6.07, 6.45) is 8.57. The first-order valence-corrected chi connectivity index (χ1v) is 8.98. The van der Waals surface area contributed by atoms with E-state index in [0.717, 1.165) is 30.2 Å².